The molecule has 1 atom stereocenters. The molecule has 0 heterocycles. The molecule has 8 nitrogen and oxygen atoms in total. The highest BCUT2D eigenvalue weighted by molar-refractivity contribution is 7.92. The maximum absolute atomic E-state index is 13.5. The van der Waals surface area contributed by atoms with Gasteiger partial charge in [-0.25, -0.2) is 8.42 Å². The molecule has 2 aromatic carbocycles. The number of ether oxygens (including phenoxy) is 1. The summed E-state index contributed by atoms with van der Waals surface area (Å²) in [4.78, 5) is 27.4. The summed E-state index contributed by atoms with van der Waals surface area (Å²) >= 11 is 0. The van der Waals surface area contributed by atoms with Crippen LogP contribution in [-0.2, 0) is 26.2 Å². The van der Waals surface area contributed by atoms with Crippen molar-refractivity contribution in [2.75, 3.05) is 31.3 Å². The van der Waals surface area contributed by atoms with E-state index in [1.54, 1.807) is 63.4 Å². The average molecular weight is 462 g/mol. The molecule has 9 heteroatoms. The average Bonchev–Trinajstić information content (AvgIpc) is 2.76. The van der Waals surface area contributed by atoms with Crippen LogP contribution < -0.4 is 14.4 Å². The molecular weight excluding hydrogens is 430 g/mol. The fourth-order valence-corrected chi connectivity index (χ4v) is 4.40. The van der Waals surface area contributed by atoms with E-state index in [0.29, 0.717) is 17.9 Å². The van der Waals surface area contributed by atoms with Crippen LogP contribution in [0.2, 0.25) is 0 Å². The Morgan fingerprint density at radius 3 is 2.38 bits per heavy atom. The van der Waals surface area contributed by atoms with Crippen LogP contribution in [0.15, 0.2) is 48.5 Å². The highest BCUT2D eigenvalue weighted by atomic mass is 32.2. The first-order valence-electron chi connectivity index (χ1n) is 10.3. The molecule has 174 valence electrons. The normalized spacial score (nSPS) is 12.0. The van der Waals surface area contributed by atoms with Crippen LogP contribution in [0.4, 0.5) is 5.69 Å². The largest absolute Gasteiger partial charge is 0.497 e. The fraction of sp³-hybridized carbons (Fsp3) is 0.391. The summed E-state index contributed by atoms with van der Waals surface area (Å²) < 4.78 is 31.5. The molecule has 0 aliphatic carbocycles. The fourth-order valence-electron chi connectivity index (χ4n) is 3.49. The maximum Gasteiger partial charge on any atom is 0.244 e. The molecule has 0 spiro atoms. The molecule has 0 aliphatic rings. The van der Waals surface area contributed by atoms with Gasteiger partial charge in [-0.15, -0.1) is 0 Å². The number of para-hydroxylation sites is 1. The van der Waals surface area contributed by atoms with Crippen LogP contribution in [-0.4, -0.2) is 58.1 Å². The minimum atomic E-state index is -3.75. The van der Waals surface area contributed by atoms with Gasteiger partial charge in [-0.3, -0.25) is 13.9 Å². The number of rotatable bonds is 10. The zero-order chi connectivity index (χ0) is 23.9. The van der Waals surface area contributed by atoms with E-state index < -0.39 is 28.5 Å². The molecule has 32 heavy (non-hydrogen) atoms. The predicted octanol–water partition coefficient (Wildman–Crippen LogP) is 2.32. The van der Waals surface area contributed by atoms with Gasteiger partial charge in [-0.2, -0.15) is 0 Å². The monoisotopic (exact) mass is 461 g/mol. The van der Waals surface area contributed by atoms with E-state index in [4.69, 9.17) is 4.74 Å². The molecule has 0 aliphatic heterocycles. The highest BCUT2D eigenvalue weighted by Crippen LogP contribution is 2.23. The number of methoxy groups -OCH3 is 1. The first-order valence-corrected chi connectivity index (χ1v) is 12.1. The summed E-state index contributed by atoms with van der Waals surface area (Å²) in [5.74, 6) is -0.164. The van der Waals surface area contributed by atoms with Crippen molar-refractivity contribution >= 4 is 27.5 Å². The van der Waals surface area contributed by atoms with Crippen molar-refractivity contribution in [1.82, 2.24) is 10.2 Å². The molecule has 2 amide bonds. The number of sulfonamides is 1. The summed E-state index contributed by atoms with van der Waals surface area (Å²) in [6, 6.07) is 13.4. The van der Waals surface area contributed by atoms with Crippen molar-refractivity contribution in [2.24, 2.45) is 0 Å². The molecule has 0 saturated carbocycles. The number of anilines is 1. The van der Waals surface area contributed by atoms with Gasteiger partial charge in [-0.05, 0) is 42.7 Å². The van der Waals surface area contributed by atoms with Crippen molar-refractivity contribution in [1.29, 1.82) is 0 Å². The Hall–Kier alpha value is -3.07. The van der Waals surface area contributed by atoms with E-state index in [2.05, 4.69) is 5.32 Å². The van der Waals surface area contributed by atoms with Crippen molar-refractivity contribution in [2.45, 2.75) is 32.9 Å². The number of carbonyl (C=O) groups excluding carboxylic acids is 2. The number of hydrogen-bond donors (Lipinski definition) is 1. The number of carbonyl (C=O) groups is 2. The van der Waals surface area contributed by atoms with Gasteiger partial charge < -0.3 is 15.0 Å². The molecule has 0 radical (unpaired) electrons. The number of nitrogens with one attached hydrogen (secondary N) is 1. The second-order valence-electron chi connectivity index (χ2n) is 7.47. The Morgan fingerprint density at radius 2 is 1.81 bits per heavy atom. The number of amides is 2. The zero-order valence-corrected chi connectivity index (χ0v) is 20.0. The maximum atomic E-state index is 13.5. The van der Waals surface area contributed by atoms with E-state index in [1.807, 2.05) is 6.07 Å². The lowest BCUT2D eigenvalue weighted by Gasteiger charge is -2.33. The summed E-state index contributed by atoms with van der Waals surface area (Å²) in [7, 11) is -0.687. The lowest BCUT2D eigenvalue weighted by Crippen LogP contribution is -2.51. The molecular formula is C23H31N3O5S. The number of hydrogen-bond acceptors (Lipinski definition) is 5. The first kappa shape index (κ1) is 25.2. The second-order valence-corrected chi connectivity index (χ2v) is 9.37. The predicted molar refractivity (Wildman–Crippen MR) is 125 cm³/mol. The number of likely N-dealkylation sites (N-methyl/N-ethyl adjacent to an activating group) is 1. The van der Waals surface area contributed by atoms with Gasteiger partial charge in [0.1, 0.15) is 18.3 Å². The third-order valence-corrected chi connectivity index (χ3v) is 6.31. The second kappa shape index (κ2) is 11.0. The molecule has 0 saturated heterocycles. The van der Waals surface area contributed by atoms with Crippen molar-refractivity contribution in [3.63, 3.8) is 0 Å². The van der Waals surface area contributed by atoms with E-state index >= 15 is 0 Å². The minimum Gasteiger partial charge on any atom is -0.497 e. The summed E-state index contributed by atoms with van der Waals surface area (Å²) in [6.45, 7) is 3.31. The van der Waals surface area contributed by atoms with Gasteiger partial charge in [0.25, 0.3) is 0 Å². The molecule has 1 N–H and O–H groups in total. The van der Waals surface area contributed by atoms with E-state index in [0.717, 1.165) is 21.7 Å². The topological polar surface area (TPSA) is 96.0 Å². The van der Waals surface area contributed by atoms with Crippen LogP contribution >= 0.6 is 0 Å². The van der Waals surface area contributed by atoms with Crippen LogP contribution in [0.5, 0.6) is 5.75 Å². The molecule has 2 rings (SSSR count). The standard InChI is InChI=1S/C23H31N3O5S/c1-6-20(23(28)24-3)25(15-18-11-9-12-19(14-18)31-4)22(27)16-26(32(5,29)30)21-13-8-7-10-17(21)2/h7-14,20H,6,15-16H2,1-5H3,(H,24,28). The van der Waals surface area contributed by atoms with Gasteiger partial charge in [0, 0.05) is 13.6 Å². The lowest BCUT2D eigenvalue weighted by molar-refractivity contribution is -0.140. The summed E-state index contributed by atoms with van der Waals surface area (Å²) in [5, 5.41) is 2.59. The Balaban J connectivity index is 2.45. The van der Waals surface area contributed by atoms with Crippen molar-refractivity contribution in [3.05, 3.63) is 59.7 Å². The molecule has 0 fully saturated rings. The number of nitrogens with zero attached hydrogens (tertiary/aromatic N) is 2. The third-order valence-electron chi connectivity index (χ3n) is 5.18. The van der Waals surface area contributed by atoms with Crippen LogP contribution in [0.1, 0.15) is 24.5 Å². The smallest absolute Gasteiger partial charge is 0.244 e. The Labute approximate surface area is 190 Å². The van der Waals surface area contributed by atoms with E-state index in [1.165, 1.54) is 11.9 Å². The van der Waals surface area contributed by atoms with Crippen LogP contribution in [0, 0.1) is 6.92 Å². The quantitative estimate of drug-likeness (QED) is 0.586. The lowest BCUT2D eigenvalue weighted by atomic mass is 10.1. The number of benzene rings is 2. The molecule has 0 bridgehead atoms. The van der Waals surface area contributed by atoms with Gasteiger partial charge >= 0.3 is 0 Å². The van der Waals surface area contributed by atoms with Gasteiger partial charge in [0.05, 0.1) is 19.1 Å². The zero-order valence-electron chi connectivity index (χ0n) is 19.2. The van der Waals surface area contributed by atoms with Gasteiger partial charge in [0.15, 0.2) is 0 Å². The Morgan fingerprint density at radius 1 is 1.12 bits per heavy atom. The summed E-state index contributed by atoms with van der Waals surface area (Å²) in [6.07, 6.45) is 1.44. The summed E-state index contributed by atoms with van der Waals surface area (Å²) in [5.41, 5.74) is 1.92. The minimum absolute atomic E-state index is 0.132. The van der Waals surface area contributed by atoms with Crippen molar-refractivity contribution < 1.29 is 22.7 Å². The molecule has 2 aromatic rings. The van der Waals surface area contributed by atoms with Crippen LogP contribution in [0.25, 0.3) is 0 Å². The Bertz CT molecular complexity index is 1060. The third kappa shape index (κ3) is 6.23. The van der Waals surface area contributed by atoms with Crippen molar-refractivity contribution in [3.8, 4) is 5.75 Å². The van der Waals surface area contributed by atoms with E-state index in [-0.39, 0.29) is 12.5 Å². The van der Waals surface area contributed by atoms with Gasteiger partial charge in [-0.1, -0.05) is 37.3 Å². The first-order chi connectivity index (χ1) is 15.1. The SMILES string of the molecule is CCC(C(=O)NC)N(Cc1cccc(OC)c1)C(=O)CN(c1ccccc1C)S(C)(=O)=O. The number of aryl methyl sites for hydroxylation is 1. The highest BCUT2D eigenvalue weighted by Gasteiger charge is 2.31. The Kier molecular flexibility index (Phi) is 8.65. The van der Waals surface area contributed by atoms with Gasteiger partial charge in [0.2, 0.25) is 21.8 Å². The van der Waals surface area contributed by atoms with E-state index in [9.17, 15) is 18.0 Å². The van der Waals surface area contributed by atoms with Crippen LogP contribution in [0.3, 0.4) is 0 Å². The molecule has 0 aromatic heterocycles. The molecule has 1 unspecified atom stereocenters.